The van der Waals surface area contributed by atoms with E-state index < -0.39 is 12.1 Å². The maximum Gasteiger partial charge on any atom is 0.267 e. The van der Waals surface area contributed by atoms with Crippen LogP contribution in [0, 0.1) is 5.92 Å². The monoisotopic (exact) mass is 444 g/mol. The van der Waals surface area contributed by atoms with E-state index in [0.29, 0.717) is 21.4 Å². The van der Waals surface area contributed by atoms with E-state index in [1.54, 1.807) is 18.2 Å². The second kappa shape index (κ2) is 10.1. The Hall–Kier alpha value is -2.42. The summed E-state index contributed by atoms with van der Waals surface area (Å²) >= 11 is 6.57. The number of hydrogen-bond acceptors (Lipinski definition) is 6. The Bertz CT molecular complexity index is 926. The van der Waals surface area contributed by atoms with Gasteiger partial charge >= 0.3 is 0 Å². The van der Waals surface area contributed by atoms with Gasteiger partial charge in [0.15, 0.2) is 0 Å². The van der Waals surface area contributed by atoms with Gasteiger partial charge in [-0.3, -0.25) is 14.5 Å². The molecule has 6 nitrogen and oxygen atoms in total. The lowest BCUT2D eigenvalue weighted by molar-refractivity contribution is -0.134. The van der Waals surface area contributed by atoms with Gasteiger partial charge in [-0.1, -0.05) is 68.2 Å². The van der Waals surface area contributed by atoms with Crippen LogP contribution in [0.5, 0.6) is 0 Å². The molecule has 0 radical (unpaired) electrons. The van der Waals surface area contributed by atoms with Crippen LogP contribution in [-0.2, 0) is 16.0 Å². The number of furan rings is 1. The lowest BCUT2D eigenvalue weighted by Crippen LogP contribution is -2.54. The minimum absolute atomic E-state index is 0.175. The van der Waals surface area contributed by atoms with Crippen LogP contribution in [0.4, 0.5) is 0 Å². The zero-order valence-electron chi connectivity index (χ0n) is 16.8. The van der Waals surface area contributed by atoms with Crippen LogP contribution in [0.25, 0.3) is 6.08 Å². The summed E-state index contributed by atoms with van der Waals surface area (Å²) in [4.78, 5) is 27.9. The first-order valence-corrected chi connectivity index (χ1v) is 10.9. The Labute approximate surface area is 185 Å². The number of carbonyl (C=O) groups is 2. The van der Waals surface area contributed by atoms with Gasteiger partial charge < -0.3 is 14.8 Å². The van der Waals surface area contributed by atoms with Gasteiger partial charge in [0.25, 0.3) is 5.91 Å². The minimum atomic E-state index is -0.773. The maximum atomic E-state index is 13.1. The van der Waals surface area contributed by atoms with Crippen molar-refractivity contribution >= 4 is 46.2 Å². The van der Waals surface area contributed by atoms with E-state index in [1.807, 2.05) is 44.2 Å². The molecule has 2 heterocycles. The SMILES string of the molecule is CC(C)C(C(=O)N[C@@H](CO)Cc1ccccc1)N1C(=O)C(=Cc2ccco2)SC1=S. The number of thiocarbonyl (C=S) groups is 1. The summed E-state index contributed by atoms with van der Waals surface area (Å²) in [5.74, 6) is -0.287. The van der Waals surface area contributed by atoms with Gasteiger partial charge in [0.1, 0.15) is 16.1 Å². The average Bonchev–Trinajstić information content (AvgIpc) is 3.32. The van der Waals surface area contributed by atoms with E-state index in [9.17, 15) is 14.7 Å². The Morgan fingerprint density at radius 2 is 2.00 bits per heavy atom. The molecule has 1 aliphatic heterocycles. The lowest BCUT2D eigenvalue weighted by atomic mass is 10.00. The molecule has 2 atom stereocenters. The standard InChI is InChI=1S/C22H24N2O4S2/c1-14(2)19(20(26)23-16(13-25)11-15-7-4-3-5-8-15)24-21(27)18(30-22(24)29)12-17-9-6-10-28-17/h3-10,12,14,16,19,25H,11,13H2,1-2H3,(H,23,26)/t16-,19?/m1/s1. The third-order valence-electron chi connectivity index (χ3n) is 4.71. The fourth-order valence-corrected chi connectivity index (χ4v) is 4.60. The minimum Gasteiger partial charge on any atom is -0.465 e. The molecule has 1 saturated heterocycles. The third-order valence-corrected chi connectivity index (χ3v) is 6.04. The van der Waals surface area contributed by atoms with Gasteiger partial charge in [-0.05, 0) is 30.0 Å². The Morgan fingerprint density at radius 3 is 2.60 bits per heavy atom. The molecule has 0 spiro atoms. The van der Waals surface area contributed by atoms with E-state index in [1.165, 1.54) is 11.2 Å². The Balaban J connectivity index is 1.76. The van der Waals surface area contributed by atoms with Crippen molar-refractivity contribution < 1.29 is 19.1 Å². The van der Waals surface area contributed by atoms with Crippen molar-refractivity contribution in [2.45, 2.75) is 32.4 Å². The molecule has 1 fully saturated rings. The molecular formula is C22H24N2O4S2. The number of hydrogen-bond donors (Lipinski definition) is 2. The highest BCUT2D eigenvalue weighted by Gasteiger charge is 2.42. The van der Waals surface area contributed by atoms with Gasteiger partial charge in [-0.2, -0.15) is 0 Å². The number of thioether (sulfide) groups is 1. The number of rotatable bonds is 8. The zero-order valence-corrected chi connectivity index (χ0v) is 18.4. The third kappa shape index (κ3) is 5.19. The van der Waals surface area contributed by atoms with E-state index in [0.717, 1.165) is 17.3 Å². The van der Waals surface area contributed by atoms with Crippen LogP contribution in [0.2, 0.25) is 0 Å². The second-order valence-electron chi connectivity index (χ2n) is 7.33. The maximum absolute atomic E-state index is 13.1. The van der Waals surface area contributed by atoms with Crippen molar-refractivity contribution in [3.05, 3.63) is 65.0 Å². The first-order chi connectivity index (χ1) is 14.4. The van der Waals surface area contributed by atoms with Gasteiger partial charge in [0.05, 0.1) is 23.8 Å². The second-order valence-corrected chi connectivity index (χ2v) is 9.01. The van der Waals surface area contributed by atoms with Crippen LogP contribution in [-0.4, -0.2) is 44.8 Å². The summed E-state index contributed by atoms with van der Waals surface area (Å²) in [7, 11) is 0. The van der Waals surface area contributed by atoms with Crippen molar-refractivity contribution in [3.63, 3.8) is 0 Å². The van der Waals surface area contributed by atoms with Crippen molar-refractivity contribution in [3.8, 4) is 0 Å². The Kier molecular flexibility index (Phi) is 7.47. The van der Waals surface area contributed by atoms with E-state index in [4.69, 9.17) is 16.6 Å². The average molecular weight is 445 g/mol. The zero-order chi connectivity index (χ0) is 21.7. The predicted octanol–water partition coefficient (Wildman–Crippen LogP) is 3.23. The molecule has 30 heavy (non-hydrogen) atoms. The number of benzene rings is 1. The molecule has 158 valence electrons. The summed E-state index contributed by atoms with van der Waals surface area (Å²) in [5, 5.41) is 12.7. The first-order valence-electron chi connectivity index (χ1n) is 9.66. The smallest absolute Gasteiger partial charge is 0.267 e. The summed E-state index contributed by atoms with van der Waals surface area (Å²) in [6.07, 6.45) is 3.64. The van der Waals surface area contributed by atoms with Gasteiger partial charge in [-0.15, -0.1) is 0 Å². The molecule has 2 aromatic rings. The first kappa shape index (κ1) is 22.3. The van der Waals surface area contributed by atoms with Crippen molar-refractivity contribution in [2.75, 3.05) is 6.61 Å². The van der Waals surface area contributed by atoms with Crippen LogP contribution in [0.3, 0.4) is 0 Å². The number of amides is 2. The number of nitrogens with one attached hydrogen (secondary N) is 1. The highest BCUT2D eigenvalue weighted by molar-refractivity contribution is 8.26. The van der Waals surface area contributed by atoms with Crippen LogP contribution in [0.1, 0.15) is 25.2 Å². The highest BCUT2D eigenvalue weighted by atomic mass is 32.2. The lowest BCUT2D eigenvalue weighted by Gasteiger charge is -2.30. The molecule has 0 saturated carbocycles. The van der Waals surface area contributed by atoms with Crippen LogP contribution < -0.4 is 5.32 Å². The van der Waals surface area contributed by atoms with Crippen LogP contribution >= 0.6 is 24.0 Å². The fraction of sp³-hybridized carbons (Fsp3) is 0.318. The summed E-state index contributed by atoms with van der Waals surface area (Å²) in [6, 6.07) is 11.9. The van der Waals surface area contributed by atoms with E-state index in [-0.39, 0.29) is 24.3 Å². The summed E-state index contributed by atoms with van der Waals surface area (Å²) < 4.78 is 5.61. The molecule has 0 bridgehead atoms. The molecule has 2 amide bonds. The molecule has 1 unspecified atom stereocenters. The van der Waals surface area contributed by atoms with Crippen molar-refractivity contribution in [2.24, 2.45) is 5.92 Å². The number of aliphatic hydroxyl groups is 1. The molecule has 3 rings (SSSR count). The van der Waals surface area contributed by atoms with Crippen molar-refractivity contribution in [1.29, 1.82) is 0 Å². The predicted molar refractivity (Wildman–Crippen MR) is 122 cm³/mol. The molecule has 1 aliphatic rings. The summed E-state index contributed by atoms with van der Waals surface area (Å²) in [5.41, 5.74) is 1.00. The molecular weight excluding hydrogens is 420 g/mol. The molecule has 1 aromatic carbocycles. The van der Waals surface area contributed by atoms with Gasteiger partial charge in [0.2, 0.25) is 5.91 Å². The Morgan fingerprint density at radius 1 is 1.27 bits per heavy atom. The molecule has 2 N–H and O–H groups in total. The van der Waals surface area contributed by atoms with E-state index in [2.05, 4.69) is 5.32 Å². The molecule has 8 heteroatoms. The topological polar surface area (TPSA) is 82.8 Å². The quantitative estimate of drug-likeness (QED) is 0.481. The van der Waals surface area contributed by atoms with Crippen molar-refractivity contribution in [1.82, 2.24) is 10.2 Å². The fourth-order valence-electron chi connectivity index (χ4n) is 3.29. The largest absolute Gasteiger partial charge is 0.465 e. The normalized spacial score (nSPS) is 17.6. The van der Waals surface area contributed by atoms with E-state index >= 15 is 0 Å². The number of aliphatic hydroxyl groups excluding tert-OH is 1. The number of carbonyl (C=O) groups excluding carboxylic acids is 2. The molecule has 1 aromatic heterocycles. The number of nitrogens with zero attached hydrogens (tertiary/aromatic N) is 1. The van der Waals surface area contributed by atoms with Crippen LogP contribution in [0.15, 0.2) is 58.1 Å². The van der Waals surface area contributed by atoms with Gasteiger partial charge in [-0.25, -0.2) is 0 Å². The van der Waals surface area contributed by atoms with Gasteiger partial charge in [0, 0.05) is 6.08 Å². The molecule has 0 aliphatic carbocycles. The summed E-state index contributed by atoms with van der Waals surface area (Å²) in [6.45, 7) is 3.52. The highest BCUT2D eigenvalue weighted by Crippen LogP contribution is 2.35.